The van der Waals surface area contributed by atoms with Gasteiger partial charge in [-0.1, -0.05) is 33.1 Å². The Hall–Kier alpha value is -0.830. The number of aromatic nitrogens is 2. The minimum absolute atomic E-state index is 0.365. The molecule has 3 nitrogen and oxygen atoms in total. The van der Waals surface area contributed by atoms with Gasteiger partial charge in [0, 0.05) is 18.9 Å². The second kappa shape index (κ2) is 5.87. The molecule has 0 aliphatic heterocycles. The van der Waals surface area contributed by atoms with Crippen LogP contribution in [0.4, 0.5) is 0 Å². The Morgan fingerprint density at radius 2 is 2.11 bits per heavy atom. The van der Waals surface area contributed by atoms with E-state index in [0.717, 1.165) is 13.0 Å². The molecule has 1 saturated carbocycles. The molecule has 0 bridgehead atoms. The van der Waals surface area contributed by atoms with Gasteiger partial charge in [0.05, 0.1) is 6.04 Å². The molecule has 0 radical (unpaired) electrons. The Morgan fingerprint density at radius 1 is 1.39 bits per heavy atom. The van der Waals surface area contributed by atoms with E-state index in [-0.39, 0.29) is 0 Å². The molecule has 1 aliphatic rings. The van der Waals surface area contributed by atoms with Crippen molar-refractivity contribution in [1.29, 1.82) is 0 Å². The van der Waals surface area contributed by atoms with Crippen LogP contribution in [0.5, 0.6) is 0 Å². The molecule has 1 aromatic heterocycles. The third-order valence-corrected chi connectivity index (χ3v) is 4.45. The van der Waals surface area contributed by atoms with Gasteiger partial charge in [0.25, 0.3) is 0 Å². The summed E-state index contributed by atoms with van der Waals surface area (Å²) in [6.07, 6.45) is 12.0. The molecular formula is C15H27N3. The van der Waals surface area contributed by atoms with Gasteiger partial charge in [-0.15, -0.1) is 0 Å². The van der Waals surface area contributed by atoms with E-state index in [0.29, 0.717) is 11.5 Å². The summed E-state index contributed by atoms with van der Waals surface area (Å²) in [6, 6.07) is 0.388. The van der Waals surface area contributed by atoms with Crippen LogP contribution < -0.4 is 5.32 Å². The van der Waals surface area contributed by atoms with Crippen molar-refractivity contribution in [1.82, 2.24) is 14.9 Å². The Labute approximate surface area is 111 Å². The molecule has 0 saturated heterocycles. The van der Waals surface area contributed by atoms with Crippen molar-refractivity contribution in [2.75, 3.05) is 7.05 Å². The highest BCUT2D eigenvalue weighted by Gasteiger charge is 2.37. The van der Waals surface area contributed by atoms with E-state index in [1.165, 1.54) is 37.9 Å². The molecule has 18 heavy (non-hydrogen) atoms. The summed E-state index contributed by atoms with van der Waals surface area (Å²) in [5.74, 6) is 1.23. The fourth-order valence-corrected chi connectivity index (χ4v) is 3.45. The van der Waals surface area contributed by atoms with E-state index in [9.17, 15) is 0 Å². The van der Waals surface area contributed by atoms with Crippen molar-refractivity contribution >= 4 is 0 Å². The van der Waals surface area contributed by atoms with Gasteiger partial charge in [-0.25, -0.2) is 4.98 Å². The van der Waals surface area contributed by atoms with E-state index < -0.39 is 0 Å². The minimum atomic E-state index is 0.365. The molecular weight excluding hydrogens is 222 g/mol. The highest BCUT2D eigenvalue weighted by molar-refractivity contribution is 5.06. The third kappa shape index (κ3) is 2.61. The van der Waals surface area contributed by atoms with Crippen LogP contribution in [-0.4, -0.2) is 16.6 Å². The Kier molecular flexibility index (Phi) is 4.44. The normalized spacial score (nSPS) is 20.8. The van der Waals surface area contributed by atoms with E-state index in [2.05, 4.69) is 42.0 Å². The van der Waals surface area contributed by atoms with Gasteiger partial charge in [0.15, 0.2) is 0 Å². The topological polar surface area (TPSA) is 29.9 Å². The third-order valence-electron chi connectivity index (χ3n) is 4.45. The van der Waals surface area contributed by atoms with Crippen molar-refractivity contribution < 1.29 is 0 Å². The molecule has 0 aromatic carbocycles. The molecule has 3 heteroatoms. The number of nitrogens with zero attached hydrogens (tertiary/aromatic N) is 2. The number of nitrogens with one attached hydrogen (secondary N) is 1. The maximum absolute atomic E-state index is 4.63. The van der Waals surface area contributed by atoms with Crippen molar-refractivity contribution in [3.8, 4) is 0 Å². The zero-order chi connectivity index (χ0) is 13.0. The fourth-order valence-electron chi connectivity index (χ4n) is 3.45. The molecule has 1 aromatic rings. The van der Waals surface area contributed by atoms with E-state index in [1.54, 1.807) is 0 Å². The highest BCUT2D eigenvalue weighted by Crippen LogP contribution is 2.45. The van der Waals surface area contributed by atoms with Crippen LogP contribution in [-0.2, 0) is 6.54 Å². The molecule has 1 atom stereocenters. The molecule has 0 amide bonds. The lowest BCUT2D eigenvalue weighted by Gasteiger charge is -2.40. The molecule has 1 fully saturated rings. The molecule has 1 aliphatic carbocycles. The zero-order valence-corrected chi connectivity index (χ0v) is 12.1. The van der Waals surface area contributed by atoms with E-state index >= 15 is 0 Å². The van der Waals surface area contributed by atoms with Crippen LogP contribution in [0.15, 0.2) is 12.4 Å². The second-order valence-electron chi connectivity index (χ2n) is 5.92. The average Bonchev–Trinajstić information content (AvgIpc) is 2.79. The van der Waals surface area contributed by atoms with Crippen LogP contribution in [0.3, 0.4) is 0 Å². The van der Waals surface area contributed by atoms with Crippen molar-refractivity contribution in [3.63, 3.8) is 0 Å². The van der Waals surface area contributed by atoms with Gasteiger partial charge in [0.1, 0.15) is 5.82 Å². The summed E-state index contributed by atoms with van der Waals surface area (Å²) in [6.45, 7) is 5.72. The minimum Gasteiger partial charge on any atom is -0.334 e. The van der Waals surface area contributed by atoms with Gasteiger partial charge < -0.3 is 9.88 Å². The summed E-state index contributed by atoms with van der Waals surface area (Å²) < 4.78 is 2.32. The number of imidazole rings is 1. The maximum atomic E-state index is 4.63. The first-order valence-corrected chi connectivity index (χ1v) is 7.39. The first-order valence-electron chi connectivity index (χ1n) is 7.39. The molecule has 1 N–H and O–H groups in total. The zero-order valence-electron chi connectivity index (χ0n) is 12.1. The largest absolute Gasteiger partial charge is 0.334 e. The average molecular weight is 249 g/mol. The monoisotopic (exact) mass is 249 g/mol. The van der Waals surface area contributed by atoms with Crippen LogP contribution in [0.1, 0.15) is 64.2 Å². The smallest absolute Gasteiger partial charge is 0.126 e. The lowest BCUT2D eigenvalue weighted by Crippen LogP contribution is -2.37. The fraction of sp³-hybridized carbons (Fsp3) is 0.800. The first-order chi connectivity index (χ1) is 8.71. The van der Waals surface area contributed by atoms with Gasteiger partial charge >= 0.3 is 0 Å². The quantitative estimate of drug-likeness (QED) is 0.865. The Balaban J connectivity index is 2.23. The molecule has 0 spiro atoms. The summed E-state index contributed by atoms with van der Waals surface area (Å²) in [5.41, 5.74) is 0.365. The molecule has 1 unspecified atom stereocenters. The lowest BCUT2D eigenvalue weighted by molar-refractivity contribution is 0.142. The first kappa shape index (κ1) is 13.6. The number of aryl methyl sites for hydroxylation is 1. The van der Waals surface area contributed by atoms with Crippen molar-refractivity contribution in [3.05, 3.63) is 18.2 Å². The Morgan fingerprint density at radius 3 is 2.72 bits per heavy atom. The summed E-state index contributed by atoms with van der Waals surface area (Å²) >= 11 is 0. The SMILES string of the molecule is CCCn1ccnc1C(NC)C1(C)CCCCC1. The van der Waals surface area contributed by atoms with E-state index in [4.69, 9.17) is 0 Å². The van der Waals surface area contributed by atoms with Crippen LogP contribution in [0.2, 0.25) is 0 Å². The van der Waals surface area contributed by atoms with Crippen molar-refractivity contribution in [2.45, 2.75) is 65.0 Å². The standard InChI is InChI=1S/C15H27N3/c1-4-11-18-12-10-17-14(18)13(16-3)15(2)8-6-5-7-9-15/h10,12-13,16H,4-9,11H2,1-3H3. The van der Waals surface area contributed by atoms with Gasteiger partial charge in [-0.2, -0.15) is 0 Å². The number of hydrogen-bond donors (Lipinski definition) is 1. The summed E-state index contributed by atoms with van der Waals surface area (Å²) in [4.78, 5) is 4.63. The van der Waals surface area contributed by atoms with E-state index in [1.807, 2.05) is 6.20 Å². The van der Waals surface area contributed by atoms with Crippen molar-refractivity contribution in [2.24, 2.45) is 5.41 Å². The van der Waals surface area contributed by atoms with Crippen LogP contribution in [0.25, 0.3) is 0 Å². The highest BCUT2D eigenvalue weighted by atomic mass is 15.1. The molecule has 2 rings (SSSR count). The van der Waals surface area contributed by atoms with Gasteiger partial charge in [0.2, 0.25) is 0 Å². The van der Waals surface area contributed by atoms with Crippen LogP contribution in [0, 0.1) is 5.41 Å². The molecule has 1 heterocycles. The Bertz CT molecular complexity index is 364. The maximum Gasteiger partial charge on any atom is 0.126 e. The predicted octanol–water partition coefficient (Wildman–Crippen LogP) is 3.52. The summed E-state index contributed by atoms with van der Waals surface area (Å²) in [5, 5.41) is 3.53. The number of rotatable bonds is 5. The van der Waals surface area contributed by atoms with Gasteiger partial charge in [-0.3, -0.25) is 0 Å². The second-order valence-corrected chi connectivity index (χ2v) is 5.92. The molecule has 102 valence electrons. The lowest BCUT2D eigenvalue weighted by atomic mass is 9.70. The number of hydrogen-bond acceptors (Lipinski definition) is 2. The van der Waals surface area contributed by atoms with Gasteiger partial charge in [-0.05, 0) is 31.7 Å². The predicted molar refractivity (Wildman–Crippen MR) is 75.5 cm³/mol. The summed E-state index contributed by atoms with van der Waals surface area (Å²) in [7, 11) is 2.08. The van der Waals surface area contributed by atoms with Crippen LogP contribution >= 0.6 is 0 Å².